The Morgan fingerprint density at radius 1 is 1.46 bits per heavy atom. The van der Waals surface area contributed by atoms with Crippen molar-refractivity contribution in [1.82, 2.24) is 15.3 Å². The van der Waals surface area contributed by atoms with Gasteiger partial charge in [-0.2, -0.15) is 0 Å². The average Bonchev–Trinajstić information content (AvgIpc) is 3.23. The molecule has 2 aliphatic heterocycles. The fourth-order valence-corrected chi connectivity index (χ4v) is 3.96. The third kappa shape index (κ3) is 2.93. The molecule has 1 N–H and O–H groups in total. The van der Waals surface area contributed by atoms with Gasteiger partial charge in [0, 0.05) is 19.5 Å². The highest BCUT2D eigenvalue weighted by atomic mass is 32.1. The van der Waals surface area contributed by atoms with Gasteiger partial charge in [0.15, 0.2) is 5.84 Å². The number of anilines is 1. The number of amidine groups is 1. The minimum atomic E-state index is -0.0685. The Hall–Kier alpha value is -2.22. The predicted octanol–water partition coefficient (Wildman–Crippen LogP) is 2.15. The Kier molecular flexibility index (Phi) is 4.05. The maximum atomic E-state index is 12.5. The van der Waals surface area contributed by atoms with E-state index in [9.17, 15) is 4.79 Å². The van der Waals surface area contributed by atoms with Crippen molar-refractivity contribution in [1.29, 1.82) is 0 Å². The molecule has 2 aromatic heterocycles. The summed E-state index contributed by atoms with van der Waals surface area (Å²) in [7, 11) is 0. The number of oxime groups is 1. The fourth-order valence-electron chi connectivity index (χ4n) is 3.23. The minimum Gasteiger partial charge on any atom is -0.391 e. The van der Waals surface area contributed by atoms with Crippen molar-refractivity contribution in [3.05, 3.63) is 17.8 Å². The van der Waals surface area contributed by atoms with Crippen LogP contribution in [0.3, 0.4) is 0 Å². The molecule has 0 unspecified atom stereocenters. The van der Waals surface area contributed by atoms with E-state index in [0.717, 1.165) is 35.4 Å². The van der Waals surface area contributed by atoms with Gasteiger partial charge < -0.3 is 15.1 Å². The van der Waals surface area contributed by atoms with Crippen LogP contribution in [-0.2, 0) is 9.63 Å². The molecule has 2 aromatic rings. The SMILES string of the molecule is C[C@H]1CC(NC(=O)[C@H]2CCCN(c3ncnc4sccc34)C2)=NO1. The minimum absolute atomic E-state index is 0.0202. The first-order chi connectivity index (χ1) is 11.7. The molecule has 0 saturated carbocycles. The van der Waals surface area contributed by atoms with Crippen molar-refractivity contribution >= 4 is 39.1 Å². The van der Waals surface area contributed by atoms with Crippen LogP contribution < -0.4 is 10.2 Å². The number of rotatable bonds is 2. The number of amides is 1. The second-order valence-corrected chi connectivity index (χ2v) is 7.16. The van der Waals surface area contributed by atoms with Crippen LogP contribution in [0.4, 0.5) is 5.82 Å². The van der Waals surface area contributed by atoms with E-state index in [4.69, 9.17) is 4.84 Å². The Balaban J connectivity index is 1.47. The van der Waals surface area contributed by atoms with Crippen LogP contribution in [0.2, 0.25) is 0 Å². The van der Waals surface area contributed by atoms with Gasteiger partial charge >= 0.3 is 0 Å². The Bertz CT molecular complexity index is 790. The molecule has 24 heavy (non-hydrogen) atoms. The van der Waals surface area contributed by atoms with Crippen molar-refractivity contribution < 1.29 is 9.63 Å². The zero-order valence-electron chi connectivity index (χ0n) is 13.4. The lowest BCUT2D eigenvalue weighted by Crippen LogP contribution is -2.45. The van der Waals surface area contributed by atoms with Crippen LogP contribution in [0.5, 0.6) is 0 Å². The summed E-state index contributed by atoms with van der Waals surface area (Å²) in [6.07, 6.45) is 4.14. The van der Waals surface area contributed by atoms with Gasteiger partial charge in [0.25, 0.3) is 0 Å². The lowest BCUT2D eigenvalue weighted by molar-refractivity contribution is -0.123. The smallest absolute Gasteiger partial charge is 0.230 e. The third-order valence-corrected chi connectivity index (χ3v) is 5.24. The van der Waals surface area contributed by atoms with Gasteiger partial charge in [0.05, 0.1) is 11.3 Å². The largest absolute Gasteiger partial charge is 0.391 e. The molecule has 0 spiro atoms. The van der Waals surface area contributed by atoms with E-state index in [1.54, 1.807) is 17.7 Å². The van der Waals surface area contributed by atoms with Crippen LogP contribution >= 0.6 is 11.3 Å². The fraction of sp³-hybridized carbons (Fsp3) is 0.500. The van der Waals surface area contributed by atoms with Gasteiger partial charge in [-0.15, -0.1) is 11.3 Å². The number of carbonyl (C=O) groups excluding carboxylic acids is 1. The average molecular weight is 345 g/mol. The summed E-state index contributed by atoms with van der Waals surface area (Å²) >= 11 is 1.61. The van der Waals surface area contributed by atoms with Crippen LogP contribution in [0.15, 0.2) is 22.9 Å². The predicted molar refractivity (Wildman–Crippen MR) is 93.1 cm³/mol. The molecular weight excluding hydrogens is 326 g/mol. The van der Waals surface area contributed by atoms with Crippen LogP contribution in [0.25, 0.3) is 10.2 Å². The van der Waals surface area contributed by atoms with Gasteiger partial charge in [-0.05, 0) is 31.2 Å². The molecule has 4 rings (SSSR count). The van der Waals surface area contributed by atoms with E-state index in [1.807, 2.05) is 18.4 Å². The summed E-state index contributed by atoms with van der Waals surface area (Å²) in [5.41, 5.74) is 0. The van der Waals surface area contributed by atoms with Gasteiger partial charge in [0.2, 0.25) is 5.91 Å². The molecule has 1 saturated heterocycles. The molecule has 1 fully saturated rings. The van der Waals surface area contributed by atoms with Gasteiger partial charge in [0.1, 0.15) is 23.1 Å². The van der Waals surface area contributed by atoms with Crippen LogP contribution in [-0.4, -0.2) is 40.9 Å². The molecule has 8 heteroatoms. The molecule has 2 aliphatic rings. The molecule has 0 bridgehead atoms. The van der Waals surface area contributed by atoms with Crippen molar-refractivity contribution in [2.24, 2.45) is 11.1 Å². The van der Waals surface area contributed by atoms with Gasteiger partial charge in [-0.1, -0.05) is 5.16 Å². The zero-order valence-corrected chi connectivity index (χ0v) is 14.3. The number of piperidine rings is 1. The van der Waals surface area contributed by atoms with Crippen molar-refractivity contribution in [2.75, 3.05) is 18.0 Å². The number of hydrogen-bond donors (Lipinski definition) is 1. The standard InChI is InChI=1S/C16H19N5O2S/c1-10-7-13(20-23-10)19-15(22)11-3-2-5-21(8-11)14-12-4-6-24-16(12)18-9-17-14/h4,6,9-11H,2-3,5,7-8H2,1H3,(H,19,20,22)/t10-,11-/m0/s1. The second kappa shape index (κ2) is 6.35. The van der Waals surface area contributed by atoms with E-state index < -0.39 is 0 Å². The first kappa shape index (κ1) is 15.3. The van der Waals surface area contributed by atoms with E-state index in [-0.39, 0.29) is 17.9 Å². The molecule has 0 aliphatic carbocycles. The summed E-state index contributed by atoms with van der Waals surface area (Å²) in [6.45, 7) is 3.51. The highest BCUT2D eigenvalue weighted by molar-refractivity contribution is 7.16. The molecule has 4 heterocycles. The maximum Gasteiger partial charge on any atom is 0.230 e. The Morgan fingerprint density at radius 3 is 3.21 bits per heavy atom. The molecule has 126 valence electrons. The summed E-state index contributed by atoms with van der Waals surface area (Å²) in [6, 6.07) is 2.05. The summed E-state index contributed by atoms with van der Waals surface area (Å²) in [5, 5.41) is 9.91. The number of carbonyl (C=O) groups is 1. The molecule has 0 radical (unpaired) electrons. The highest BCUT2D eigenvalue weighted by Crippen LogP contribution is 2.30. The van der Waals surface area contributed by atoms with E-state index in [0.29, 0.717) is 18.8 Å². The monoisotopic (exact) mass is 345 g/mol. The third-order valence-electron chi connectivity index (χ3n) is 4.42. The van der Waals surface area contributed by atoms with E-state index in [2.05, 4.69) is 25.3 Å². The first-order valence-electron chi connectivity index (χ1n) is 8.17. The van der Waals surface area contributed by atoms with E-state index in [1.165, 1.54) is 0 Å². The molecular formula is C16H19N5O2S. The molecule has 1 amide bonds. The van der Waals surface area contributed by atoms with Crippen molar-refractivity contribution in [2.45, 2.75) is 32.3 Å². The van der Waals surface area contributed by atoms with Gasteiger partial charge in [-0.25, -0.2) is 9.97 Å². The number of thiophene rings is 1. The normalized spacial score (nSPS) is 23.9. The van der Waals surface area contributed by atoms with Crippen molar-refractivity contribution in [3.8, 4) is 0 Å². The van der Waals surface area contributed by atoms with E-state index >= 15 is 0 Å². The topological polar surface area (TPSA) is 79.7 Å². The Morgan fingerprint density at radius 2 is 2.38 bits per heavy atom. The molecule has 7 nitrogen and oxygen atoms in total. The molecule has 0 aromatic carbocycles. The lowest BCUT2D eigenvalue weighted by atomic mass is 9.97. The lowest BCUT2D eigenvalue weighted by Gasteiger charge is -2.33. The number of aromatic nitrogens is 2. The summed E-state index contributed by atoms with van der Waals surface area (Å²) < 4.78 is 0. The number of fused-ring (bicyclic) bond motifs is 1. The summed E-state index contributed by atoms with van der Waals surface area (Å²) in [4.78, 5) is 29.6. The quantitative estimate of drug-likeness (QED) is 0.902. The van der Waals surface area contributed by atoms with Gasteiger partial charge in [-0.3, -0.25) is 4.79 Å². The number of nitrogens with zero attached hydrogens (tertiary/aromatic N) is 4. The second-order valence-electron chi connectivity index (χ2n) is 6.27. The first-order valence-corrected chi connectivity index (χ1v) is 9.05. The number of nitrogens with one attached hydrogen (secondary N) is 1. The summed E-state index contributed by atoms with van der Waals surface area (Å²) in [5.74, 6) is 1.51. The highest BCUT2D eigenvalue weighted by Gasteiger charge is 2.29. The van der Waals surface area contributed by atoms with Crippen LogP contribution in [0.1, 0.15) is 26.2 Å². The van der Waals surface area contributed by atoms with Crippen molar-refractivity contribution in [3.63, 3.8) is 0 Å². The maximum absolute atomic E-state index is 12.5. The Labute approximate surface area is 143 Å². The zero-order chi connectivity index (χ0) is 16.5. The molecule has 2 atom stereocenters. The number of hydrogen-bond acceptors (Lipinski definition) is 7. The van der Waals surface area contributed by atoms with Crippen LogP contribution in [0, 0.1) is 5.92 Å².